The van der Waals surface area contributed by atoms with Gasteiger partial charge >= 0.3 is 0 Å². The van der Waals surface area contributed by atoms with Crippen LogP contribution in [0.1, 0.15) is 10.4 Å². The third kappa shape index (κ3) is 2.08. The summed E-state index contributed by atoms with van der Waals surface area (Å²) < 4.78 is 26.4. The minimum atomic E-state index is -1.02. The van der Waals surface area contributed by atoms with Gasteiger partial charge in [0.1, 0.15) is 11.6 Å². The highest BCUT2D eigenvalue weighted by Gasteiger charge is 2.18. The summed E-state index contributed by atoms with van der Waals surface area (Å²) >= 11 is 0. The molecule has 0 aliphatic rings. The molecule has 0 aliphatic heterocycles. The monoisotopic (exact) mass is 224 g/mol. The normalized spacial score (nSPS) is 9.62. The van der Waals surface area contributed by atoms with Crippen molar-refractivity contribution in [2.24, 2.45) is 5.73 Å². The van der Waals surface area contributed by atoms with Crippen LogP contribution in [0.4, 0.5) is 14.5 Å². The first-order chi connectivity index (χ1) is 7.51. The van der Waals surface area contributed by atoms with Crippen LogP contribution in [-0.2, 0) is 0 Å². The maximum Gasteiger partial charge on any atom is 0.253 e. The van der Waals surface area contributed by atoms with E-state index in [1.54, 1.807) is 0 Å². The molecule has 0 unspecified atom stereocenters. The Morgan fingerprint density at radius 1 is 1.31 bits per heavy atom. The summed E-state index contributed by atoms with van der Waals surface area (Å²) in [6, 6.07) is 1.57. The Labute approximate surface area is 91.5 Å². The van der Waals surface area contributed by atoms with Crippen molar-refractivity contribution in [2.45, 2.75) is 0 Å². The van der Waals surface area contributed by atoms with Crippen molar-refractivity contribution in [3.05, 3.63) is 54.9 Å². The summed E-state index contributed by atoms with van der Waals surface area (Å²) in [6.45, 7) is 6.85. The molecule has 84 valence electrons. The van der Waals surface area contributed by atoms with Gasteiger partial charge in [-0.25, -0.2) is 8.78 Å². The van der Waals surface area contributed by atoms with E-state index in [0.717, 1.165) is 6.07 Å². The molecule has 0 aromatic heterocycles. The summed E-state index contributed by atoms with van der Waals surface area (Å²) in [6.07, 6.45) is 2.52. The van der Waals surface area contributed by atoms with Gasteiger partial charge in [0.15, 0.2) is 0 Å². The number of carbonyl (C=O) groups excluding carboxylic acids is 1. The molecule has 0 heterocycles. The highest BCUT2D eigenvalue weighted by Crippen LogP contribution is 2.25. The molecule has 0 radical (unpaired) electrons. The van der Waals surface area contributed by atoms with Crippen molar-refractivity contribution in [3.8, 4) is 0 Å². The molecule has 0 atom stereocenters. The lowest BCUT2D eigenvalue weighted by molar-refractivity contribution is 0.0997. The van der Waals surface area contributed by atoms with E-state index in [9.17, 15) is 13.6 Å². The maximum atomic E-state index is 13.4. The van der Waals surface area contributed by atoms with E-state index in [2.05, 4.69) is 13.2 Å². The minimum absolute atomic E-state index is 0.0324. The first-order valence-corrected chi connectivity index (χ1v) is 4.33. The highest BCUT2D eigenvalue weighted by atomic mass is 19.1. The number of nitrogens with two attached hydrogens (primary N) is 1. The zero-order chi connectivity index (χ0) is 12.3. The van der Waals surface area contributed by atoms with E-state index in [0.29, 0.717) is 6.07 Å². The lowest BCUT2D eigenvalue weighted by Crippen LogP contribution is -2.19. The van der Waals surface area contributed by atoms with Crippen LogP contribution in [0.25, 0.3) is 0 Å². The SMILES string of the molecule is C=CN(C=C)c1cc(F)cc(F)c1C(N)=O. The molecule has 1 aromatic carbocycles. The fourth-order valence-corrected chi connectivity index (χ4v) is 1.28. The summed E-state index contributed by atoms with van der Waals surface area (Å²) in [4.78, 5) is 12.3. The van der Waals surface area contributed by atoms with Crippen LogP contribution in [0, 0.1) is 11.6 Å². The van der Waals surface area contributed by atoms with Crippen molar-refractivity contribution in [2.75, 3.05) is 4.90 Å². The Bertz CT molecular complexity index is 450. The van der Waals surface area contributed by atoms with E-state index < -0.39 is 23.1 Å². The number of primary amides is 1. The van der Waals surface area contributed by atoms with Crippen LogP contribution in [-0.4, -0.2) is 5.91 Å². The molecule has 1 aromatic rings. The van der Waals surface area contributed by atoms with Crippen LogP contribution < -0.4 is 10.6 Å². The number of nitrogens with zero attached hydrogens (tertiary/aromatic N) is 1. The van der Waals surface area contributed by atoms with Crippen molar-refractivity contribution in [1.82, 2.24) is 0 Å². The molecule has 0 saturated carbocycles. The van der Waals surface area contributed by atoms with E-state index in [-0.39, 0.29) is 5.69 Å². The Hall–Kier alpha value is -2.17. The van der Waals surface area contributed by atoms with Gasteiger partial charge in [-0.1, -0.05) is 13.2 Å². The largest absolute Gasteiger partial charge is 0.365 e. The van der Waals surface area contributed by atoms with Crippen LogP contribution in [0.15, 0.2) is 37.7 Å². The molecular weight excluding hydrogens is 214 g/mol. The molecule has 16 heavy (non-hydrogen) atoms. The Balaban J connectivity index is 3.51. The molecule has 2 N–H and O–H groups in total. The predicted molar refractivity (Wildman–Crippen MR) is 57.7 cm³/mol. The number of hydrogen-bond donors (Lipinski definition) is 1. The topological polar surface area (TPSA) is 46.3 Å². The molecule has 0 saturated heterocycles. The standard InChI is InChI=1S/C11H10F2N2O/c1-3-15(4-2)9-6-7(12)5-8(13)10(9)11(14)16/h3-6H,1-2H2,(H2,14,16). The number of amides is 1. The smallest absolute Gasteiger partial charge is 0.253 e. The van der Waals surface area contributed by atoms with Gasteiger partial charge in [0.2, 0.25) is 0 Å². The van der Waals surface area contributed by atoms with Gasteiger partial charge in [-0.15, -0.1) is 0 Å². The molecule has 5 heteroatoms. The quantitative estimate of drug-likeness (QED) is 0.851. The average Bonchev–Trinajstić information content (AvgIpc) is 2.17. The van der Waals surface area contributed by atoms with Crippen LogP contribution in [0.5, 0.6) is 0 Å². The molecule has 1 amide bonds. The second-order valence-electron chi connectivity index (χ2n) is 2.92. The Morgan fingerprint density at radius 3 is 2.31 bits per heavy atom. The van der Waals surface area contributed by atoms with E-state index in [1.807, 2.05) is 0 Å². The third-order valence-electron chi connectivity index (χ3n) is 1.95. The first-order valence-electron chi connectivity index (χ1n) is 4.33. The number of rotatable bonds is 4. The zero-order valence-electron chi connectivity index (χ0n) is 8.41. The summed E-state index contributed by atoms with van der Waals surface area (Å²) in [7, 11) is 0. The fourth-order valence-electron chi connectivity index (χ4n) is 1.28. The van der Waals surface area contributed by atoms with Gasteiger partial charge < -0.3 is 10.6 Å². The van der Waals surface area contributed by atoms with Crippen LogP contribution in [0.2, 0.25) is 0 Å². The van der Waals surface area contributed by atoms with Gasteiger partial charge in [-0.2, -0.15) is 0 Å². The van der Waals surface area contributed by atoms with Crippen molar-refractivity contribution < 1.29 is 13.6 Å². The third-order valence-corrected chi connectivity index (χ3v) is 1.95. The lowest BCUT2D eigenvalue weighted by Gasteiger charge is -2.17. The minimum Gasteiger partial charge on any atom is -0.365 e. The summed E-state index contributed by atoms with van der Waals surface area (Å²) in [5.41, 5.74) is 4.58. The molecular formula is C11H10F2N2O. The summed E-state index contributed by atoms with van der Waals surface area (Å²) in [5, 5.41) is 0. The van der Waals surface area contributed by atoms with Gasteiger partial charge in [-0.3, -0.25) is 4.79 Å². The molecule has 0 aliphatic carbocycles. The number of benzene rings is 1. The van der Waals surface area contributed by atoms with Crippen LogP contribution >= 0.6 is 0 Å². The second kappa shape index (κ2) is 4.57. The zero-order valence-corrected chi connectivity index (χ0v) is 8.41. The van der Waals surface area contributed by atoms with Gasteiger partial charge in [-0.05, 0) is 6.07 Å². The van der Waals surface area contributed by atoms with E-state index in [1.165, 1.54) is 17.3 Å². The number of hydrogen-bond acceptors (Lipinski definition) is 2. The van der Waals surface area contributed by atoms with Crippen LogP contribution in [0.3, 0.4) is 0 Å². The average molecular weight is 224 g/mol. The fraction of sp³-hybridized carbons (Fsp3) is 0. The molecule has 1 rings (SSSR count). The summed E-state index contributed by atoms with van der Waals surface area (Å²) in [5.74, 6) is -2.82. The Morgan fingerprint density at radius 2 is 1.88 bits per heavy atom. The lowest BCUT2D eigenvalue weighted by atomic mass is 10.1. The Kier molecular flexibility index (Phi) is 3.40. The van der Waals surface area contributed by atoms with Crippen molar-refractivity contribution >= 4 is 11.6 Å². The van der Waals surface area contributed by atoms with E-state index >= 15 is 0 Å². The number of anilines is 1. The van der Waals surface area contributed by atoms with Gasteiger partial charge in [0, 0.05) is 18.5 Å². The molecule has 0 spiro atoms. The second-order valence-corrected chi connectivity index (χ2v) is 2.92. The first kappa shape index (κ1) is 11.9. The van der Waals surface area contributed by atoms with Gasteiger partial charge in [0.05, 0.1) is 11.3 Å². The van der Waals surface area contributed by atoms with E-state index in [4.69, 9.17) is 5.73 Å². The number of carbonyl (C=O) groups is 1. The van der Waals surface area contributed by atoms with Crippen molar-refractivity contribution in [3.63, 3.8) is 0 Å². The maximum absolute atomic E-state index is 13.4. The highest BCUT2D eigenvalue weighted by molar-refractivity contribution is 5.99. The number of halogens is 2. The molecule has 0 fully saturated rings. The van der Waals surface area contributed by atoms with Gasteiger partial charge in [0.25, 0.3) is 5.91 Å². The molecule has 3 nitrogen and oxygen atoms in total. The van der Waals surface area contributed by atoms with Crippen molar-refractivity contribution in [1.29, 1.82) is 0 Å². The molecule has 0 bridgehead atoms. The predicted octanol–water partition coefficient (Wildman–Crippen LogP) is 2.16.